The lowest BCUT2D eigenvalue weighted by atomic mass is 9.98. The van der Waals surface area contributed by atoms with Gasteiger partial charge in [-0.2, -0.15) is 0 Å². The van der Waals surface area contributed by atoms with Crippen LogP contribution in [0.4, 0.5) is 0 Å². The molecule has 0 saturated heterocycles. The molecule has 1 N–H and O–H groups in total. The van der Waals surface area contributed by atoms with Gasteiger partial charge in [-0.3, -0.25) is 0 Å². The maximum absolute atomic E-state index is 5.52. The van der Waals surface area contributed by atoms with Gasteiger partial charge in [-0.1, -0.05) is 26.2 Å². The Kier molecular flexibility index (Phi) is 7.23. The SMILES string of the molecule is CCCCCC(NC)c1c(OC)cc(OC)cc1OC. The van der Waals surface area contributed by atoms with E-state index in [4.69, 9.17) is 14.2 Å². The van der Waals surface area contributed by atoms with Crippen molar-refractivity contribution in [3.8, 4) is 17.2 Å². The Morgan fingerprint density at radius 2 is 1.60 bits per heavy atom. The molecule has 1 atom stereocenters. The van der Waals surface area contributed by atoms with Crippen molar-refractivity contribution >= 4 is 0 Å². The Bertz CT molecular complexity index is 382. The van der Waals surface area contributed by atoms with Crippen molar-refractivity contribution in [2.45, 2.75) is 38.6 Å². The van der Waals surface area contributed by atoms with Crippen LogP contribution >= 0.6 is 0 Å². The second-order valence-corrected chi connectivity index (χ2v) is 4.78. The lowest BCUT2D eigenvalue weighted by molar-refractivity contribution is 0.355. The molecule has 0 aliphatic carbocycles. The summed E-state index contributed by atoms with van der Waals surface area (Å²) in [5.41, 5.74) is 1.06. The van der Waals surface area contributed by atoms with Gasteiger partial charge in [-0.15, -0.1) is 0 Å². The van der Waals surface area contributed by atoms with Gasteiger partial charge >= 0.3 is 0 Å². The molecule has 1 rings (SSSR count). The minimum atomic E-state index is 0.220. The number of hydrogen-bond acceptors (Lipinski definition) is 4. The molecule has 0 aliphatic rings. The van der Waals surface area contributed by atoms with Crippen molar-refractivity contribution in [2.24, 2.45) is 0 Å². The fourth-order valence-electron chi connectivity index (χ4n) is 2.41. The zero-order valence-electron chi connectivity index (χ0n) is 13.3. The normalized spacial score (nSPS) is 12.1. The summed E-state index contributed by atoms with van der Waals surface area (Å²) in [5.74, 6) is 2.35. The number of methoxy groups -OCH3 is 3. The minimum absolute atomic E-state index is 0.220. The van der Waals surface area contributed by atoms with Crippen molar-refractivity contribution in [3.63, 3.8) is 0 Å². The van der Waals surface area contributed by atoms with Crippen LogP contribution in [-0.4, -0.2) is 28.4 Å². The van der Waals surface area contributed by atoms with Crippen LogP contribution in [0.2, 0.25) is 0 Å². The molecule has 1 unspecified atom stereocenters. The van der Waals surface area contributed by atoms with Gasteiger partial charge in [-0.25, -0.2) is 0 Å². The summed E-state index contributed by atoms with van der Waals surface area (Å²) < 4.78 is 16.3. The Hall–Kier alpha value is -1.42. The molecule has 1 aromatic carbocycles. The summed E-state index contributed by atoms with van der Waals surface area (Å²) in [6.45, 7) is 2.21. The number of ether oxygens (including phenoxy) is 3. The summed E-state index contributed by atoms with van der Waals surface area (Å²) in [4.78, 5) is 0. The zero-order chi connectivity index (χ0) is 15.0. The fourth-order valence-corrected chi connectivity index (χ4v) is 2.41. The summed E-state index contributed by atoms with van der Waals surface area (Å²) in [5, 5.41) is 3.36. The molecule has 0 saturated carbocycles. The average molecular weight is 281 g/mol. The Morgan fingerprint density at radius 3 is 2.00 bits per heavy atom. The highest BCUT2D eigenvalue weighted by Gasteiger charge is 2.21. The summed E-state index contributed by atoms with van der Waals surface area (Å²) in [7, 11) is 6.97. The van der Waals surface area contributed by atoms with Gasteiger partial charge in [0.05, 0.1) is 26.9 Å². The molecular weight excluding hydrogens is 254 g/mol. The largest absolute Gasteiger partial charge is 0.496 e. The average Bonchev–Trinajstić information content (AvgIpc) is 2.50. The highest BCUT2D eigenvalue weighted by atomic mass is 16.5. The van der Waals surface area contributed by atoms with Gasteiger partial charge in [0.15, 0.2) is 0 Å². The lowest BCUT2D eigenvalue weighted by Crippen LogP contribution is -2.18. The molecule has 0 aliphatic heterocycles. The van der Waals surface area contributed by atoms with E-state index < -0.39 is 0 Å². The summed E-state index contributed by atoms with van der Waals surface area (Å²) >= 11 is 0. The first-order valence-electron chi connectivity index (χ1n) is 7.18. The highest BCUT2D eigenvalue weighted by molar-refractivity contribution is 5.52. The Morgan fingerprint density at radius 1 is 1.00 bits per heavy atom. The van der Waals surface area contributed by atoms with Gasteiger partial charge in [0.25, 0.3) is 0 Å². The summed E-state index contributed by atoms with van der Waals surface area (Å²) in [6.07, 6.45) is 4.69. The lowest BCUT2D eigenvalue weighted by Gasteiger charge is -2.22. The third-order valence-corrected chi connectivity index (χ3v) is 3.55. The summed E-state index contributed by atoms with van der Waals surface area (Å²) in [6, 6.07) is 4.03. The molecule has 0 spiro atoms. The molecule has 4 heteroatoms. The molecule has 114 valence electrons. The van der Waals surface area contributed by atoms with Crippen LogP contribution in [0.25, 0.3) is 0 Å². The number of hydrogen-bond donors (Lipinski definition) is 1. The van der Waals surface area contributed by atoms with Crippen molar-refractivity contribution in [3.05, 3.63) is 17.7 Å². The monoisotopic (exact) mass is 281 g/mol. The second kappa shape index (κ2) is 8.69. The first kappa shape index (κ1) is 16.6. The maximum atomic E-state index is 5.52. The van der Waals surface area contributed by atoms with Gasteiger partial charge < -0.3 is 19.5 Å². The van der Waals surface area contributed by atoms with Crippen LogP contribution in [0.1, 0.15) is 44.2 Å². The Balaban J connectivity index is 3.10. The van der Waals surface area contributed by atoms with E-state index in [-0.39, 0.29) is 6.04 Å². The van der Waals surface area contributed by atoms with Gasteiger partial charge in [0, 0.05) is 18.2 Å². The van der Waals surface area contributed by atoms with Gasteiger partial charge in [-0.05, 0) is 13.5 Å². The van der Waals surface area contributed by atoms with E-state index in [9.17, 15) is 0 Å². The number of rotatable bonds is 9. The van der Waals surface area contributed by atoms with Gasteiger partial charge in [0.1, 0.15) is 17.2 Å². The molecule has 1 aromatic rings. The van der Waals surface area contributed by atoms with Crippen LogP contribution < -0.4 is 19.5 Å². The van der Waals surface area contributed by atoms with Gasteiger partial charge in [0.2, 0.25) is 0 Å². The quantitative estimate of drug-likeness (QED) is 0.703. The fraction of sp³-hybridized carbons (Fsp3) is 0.625. The molecule has 0 fully saturated rings. The predicted molar refractivity (Wildman–Crippen MR) is 82.0 cm³/mol. The number of benzene rings is 1. The van der Waals surface area contributed by atoms with E-state index in [1.807, 2.05) is 19.2 Å². The van der Waals surface area contributed by atoms with E-state index in [2.05, 4.69) is 12.2 Å². The van der Waals surface area contributed by atoms with Crippen molar-refractivity contribution in [1.29, 1.82) is 0 Å². The van der Waals surface area contributed by atoms with Crippen molar-refractivity contribution in [1.82, 2.24) is 5.32 Å². The first-order chi connectivity index (χ1) is 9.71. The molecule has 0 bridgehead atoms. The molecule has 0 aromatic heterocycles. The van der Waals surface area contributed by atoms with Crippen molar-refractivity contribution < 1.29 is 14.2 Å². The van der Waals surface area contributed by atoms with Crippen LogP contribution in [0.5, 0.6) is 17.2 Å². The second-order valence-electron chi connectivity index (χ2n) is 4.78. The first-order valence-corrected chi connectivity index (χ1v) is 7.18. The third-order valence-electron chi connectivity index (χ3n) is 3.55. The van der Waals surface area contributed by atoms with Crippen LogP contribution in [-0.2, 0) is 0 Å². The smallest absolute Gasteiger partial charge is 0.131 e. The molecule has 20 heavy (non-hydrogen) atoms. The van der Waals surface area contributed by atoms with Crippen LogP contribution in [0, 0.1) is 0 Å². The van der Waals surface area contributed by atoms with Crippen molar-refractivity contribution in [2.75, 3.05) is 28.4 Å². The van der Waals surface area contributed by atoms with E-state index >= 15 is 0 Å². The van der Waals surface area contributed by atoms with E-state index in [1.165, 1.54) is 19.3 Å². The highest BCUT2D eigenvalue weighted by Crippen LogP contribution is 2.39. The molecule has 0 amide bonds. The maximum Gasteiger partial charge on any atom is 0.131 e. The van der Waals surface area contributed by atoms with E-state index in [1.54, 1.807) is 21.3 Å². The topological polar surface area (TPSA) is 39.7 Å². The third kappa shape index (κ3) is 4.04. The standard InChI is InChI=1S/C16H27NO3/c1-6-7-8-9-13(17-2)16-14(19-4)10-12(18-3)11-15(16)20-5/h10-11,13,17H,6-9H2,1-5H3. The molecule has 0 heterocycles. The predicted octanol–water partition coefficient (Wildman–Crippen LogP) is 3.55. The zero-order valence-corrected chi connectivity index (χ0v) is 13.3. The van der Waals surface area contributed by atoms with Crippen LogP contribution in [0.15, 0.2) is 12.1 Å². The number of nitrogens with one attached hydrogen (secondary N) is 1. The molecular formula is C16H27NO3. The molecule has 4 nitrogen and oxygen atoms in total. The molecule has 0 radical (unpaired) electrons. The van der Waals surface area contributed by atoms with E-state index in [0.29, 0.717) is 0 Å². The van der Waals surface area contributed by atoms with Crippen LogP contribution in [0.3, 0.4) is 0 Å². The Labute approximate surface area is 122 Å². The minimum Gasteiger partial charge on any atom is -0.496 e. The van der Waals surface area contributed by atoms with E-state index in [0.717, 1.165) is 29.2 Å². The number of unbranched alkanes of at least 4 members (excludes halogenated alkanes) is 2.